The minimum absolute atomic E-state index is 0.109. The molecule has 0 radical (unpaired) electrons. The molecule has 1 heterocycles. The summed E-state index contributed by atoms with van der Waals surface area (Å²) in [5.74, 6) is -0.517. The molecule has 0 unspecified atom stereocenters. The van der Waals surface area contributed by atoms with E-state index in [0.717, 1.165) is 11.8 Å². The highest BCUT2D eigenvalue weighted by Gasteiger charge is 2.24. The first-order valence-corrected chi connectivity index (χ1v) is 7.74. The molecule has 0 N–H and O–H groups in total. The predicted molar refractivity (Wildman–Crippen MR) is 90.5 cm³/mol. The van der Waals surface area contributed by atoms with E-state index in [-0.39, 0.29) is 27.5 Å². The second-order valence-electron chi connectivity index (χ2n) is 6.38. The van der Waals surface area contributed by atoms with Crippen molar-refractivity contribution in [2.75, 3.05) is 7.11 Å². The molecule has 6 heteroatoms. The van der Waals surface area contributed by atoms with Gasteiger partial charge in [-0.3, -0.25) is 4.98 Å². The van der Waals surface area contributed by atoms with Gasteiger partial charge in [0.1, 0.15) is 22.9 Å². The minimum atomic E-state index is -0.561. The van der Waals surface area contributed by atoms with Crippen LogP contribution in [0.25, 0.3) is 0 Å². The Balaban J connectivity index is 2.60. The van der Waals surface area contributed by atoms with E-state index in [1.807, 2.05) is 20.8 Å². The van der Waals surface area contributed by atoms with Gasteiger partial charge in [0.25, 0.3) is 0 Å². The minimum Gasteiger partial charge on any atom is -0.465 e. The summed E-state index contributed by atoms with van der Waals surface area (Å²) in [7, 11) is 1.29. The highest BCUT2D eigenvalue weighted by Crippen LogP contribution is 2.35. The van der Waals surface area contributed by atoms with Crippen LogP contribution in [0.2, 0.25) is 5.02 Å². The molecule has 2 rings (SSSR count). The SMILES string of the molecule is COC(=O)c1c(Oc2ccc(F)cc2Cl)cc(C(C)(C)C)nc1C. The zero-order valence-corrected chi connectivity index (χ0v) is 15.0. The van der Waals surface area contributed by atoms with Crippen molar-refractivity contribution in [1.82, 2.24) is 4.98 Å². The summed E-state index contributed by atoms with van der Waals surface area (Å²) in [5.41, 5.74) is 1.21. The number of nitrogens with zero attached hydrogens (tertiary/aromatic N) is 1. The Kier molecular flexibility index (Phi) is 5.13. The number of rotatable bonds is 3. The van der Waals surface area contributed by atoms with Gasteiger partial charge in [0, 0.05) is 17.2 Å². The number of aromatic nitrogens is 1. The Morgan fingerprint density at radius 1 is 1.21 bits per heavy atom. The Morgan fingerprint density at radius 3 is 2.42 bits per heavy atom. The molecule has 0 saturated heterocycles. The Labute approximate surface area is 145 Å². The van der Waals surface area contributed by atoms with Gasteiger partial charge in [0.2, 0.25) is 0 Å². The van der Waals surface area contributed by atoms with Crippen molar-refractivity contribution in [2.45, 2.75) is 33.1 Å². The fraction of sp³-hybridized carbons (Fsp3) is 0.333. The third-order valence-corrected chi connectivity index (χ3v) is 3.73. The normalized spacial score (nSPS) is 11.3. The fourth-order valence-electron chi connectivity index (χ4n) is 2.14. The molecule has 0 bridgehead atoms. The highest BCUT2D eigenvalue weighted by atomic mass is 35.5. The molecule has 0 saturated carbocycles. The second kappa shape index (κ2) is 6.77. The number of benzene rings is 1. The number of aryl methyl sites for hydroxylation is 1. The number of methoxy groups -OCH3 is 1. The van der Waals surface area contributed by atoms with Crippen molar-refractivity contribution in [2.24, 2.45) is 0 Å². The molecule has 128 valence electrons. The molecular formula is C18H19ClFNO3. The monoisotopic (exact) mass is 351 g/mol. The molecule has 0 fully saturated rings. The maximum Gasteiger partial charge on any atom is 0.343 e. The van der Waals surface area contributed by atoms with E-state index < -0.39 is 11.8 Å². The van der Waals surface area contributed by atoms with E-state index >= 15 is 0 Å². The third-order valence-electron chi connectivity index (χ3n) is 3.44. The highest BCUT2D eigenvalue weighted by molar-refractivity contribution is 6.32. The molecule has 24 heavy (non-hydrogen) atoms. The first-order chi connectivity index (χ1) is 11.1. The van der Waals surface area contributed by atoms with Crippen LogP contribution in [0.3, 0.4) is 0 Å². The lowest BCUT2D eigenvalue weighted by Gasteiger charge is -2.21. The molecule has 0 aliphatic carbocycles. The van der Waals surface area contributed by atoms with Crippen LogP contribution >= 0.6 is 11.6 Å². The average Bonchev–Trinajstić information content (AvgIpc) is 2.48. The van der Waals surface area contributed by atoms with Gasteiger partial charge in [-0.25, -0.2) is 9.18 Å². The smallest absolute Gasteiger partial charge is 0.343 e. The van der Waals surface area contributed by atoms with E-state index in [4.69, 9.17) is 21.1 Å². The van der Waals surface area contributed by atoms with Gasteiger partial charge in [-0.15, -0.1) is 0 Å². The number of pyridine rings is 1. The Hall–Kier alpha value is -2.14. The number of carbonyl (C=O) groups is 1. The van der Waals surface area contributed by atoms with Crippen LogP contribution in [-0.4, -0.2) is 18.1 Å². The topological polar surface area (TPSA) is 48.4 Å². The van der Waals surface area contributed by atoms with Crippen molar-refractivity contribution in [3.8, 4) is 11.5 Å². The van der Waals surface area contributed by atoms with Crippen LogP contribution in [0.1, 0.15) is 42.5 Å². The lowest BCUT2D eigenvalue weighted by Crippen LogP contribution is -2.17. The molecule has 1 aromatic heterocycles. The first-order valence-electron chi connectivity index (χ1n) is 7.37. The summed E-state index contributed by atoms with van der Waals surface area (Å²) in [4.78, 5) is 16.6. The van der Waals surface area contributed by atoms with Crippen molar-refractivity contribution in [3.05, 3.63) is 52.1 Å². The van der Waals surface area contributed by atoms with Gasteiger partial charge in [0.15, 0.2) is 0 Å². The molecular weight excluding hydrogens is 333 g/mol. The van der Waals surface area contributed by atoms with E-state index in [2.05, 4.69) is 4.98 Å². The number of esters is 1. The summed E-state index contributed by atoms with van der Waals surface area (Å²) in [5, 5.41) is 0.109. The lowest BCUT2D eigenvalue weighted by atomic mass is 9.90. The van der Waals surface area contributed by atoms with Crippen LogP contribution < -0.4 is 4.74 Å². The summed E-state index contributed by atoms with van der Waals surface area (Å²) < 4.78 is 23.8. The average molecular weight is 352 g/mol. The number of ether oxygens (including phenoxy) is 2. The Bertz CT molecular complexity index is 785. The maximum absolute atomic E-state index is 13.2. The maximum atomic E-state index is 13.2. The van der Waals surface area contributed by atoms with Crippen molar-refractivity contribution in [1.29, 1.82) is 0 Å². The largest absolute Gasteiger partial charge is 0.465 e. The predicted octanol–water partition coefficient (Wildman–Crippen LogP) is 5.06. The van der Waals surface area contributed by atoms with E-state index in [1.165, 1.54) is 19.2 Å². The van der Waals surface area contributed by atoms with Crippen LogP contribution in [0, 0.1) is 12.7 Å². The van der Waals surface area contributed by atoms with Crippen molar-refractivity contribution >= 4 is 17.6 Å². The number of carbonyl (C=O) groups excluding carboxylic acids is 1. The van der Waals surface area contributed by atoms with Gasteiger partial charge in [0.05, 0.1) is 17.8 Å². The molecule has 2 aromatic rings. The van der Waals surface area contributed by atoms with E-state index in [1.54, 1.807) is 13.0 Å². The van der Waals surface area contributed by atoms with Gasteiger partial charge in [-0.05, 0) is 25.1 Å². The lowest BCUT2D eigenvalue weighted by molar-refractivity contribution is 0.0596. The number of hydrogen-bond donors (Lipinski definition) is 0. The molecule has 0 aliphatic rings. The zero-order chi connectivity index (χ0) is 18.1. The zero-order valence-electron chi connectivity index (χ0n) is 14.2. The van der Waals surface area contributed by atoms with Crippen LogP contribution in [0.5, 0.6) is 11.5 Å². The van der Waals surface area contributed by atoms with Gasteiger partial charge in [-0.1, -0.05) is 32.4 Å². The van der Waals surface area contributed by atoms with E-state index in [0.29, 0.717) is 5.69 Å². The van der Waals surface area contributed by atoms with Crippen molar-refractivity contribution in [3.63, 3.8) is 0 Å². The molecule has 4 nitrogen and oxygen atoms in total. The van der Waals surface area contributed by atoms with Gasteiger partial charge >= 0.3 is 5.97 Å². The van der Waals surface area contributed by atoms with Crippen LogP contribution in [0.4, 0.5) is 4.39 Å². The summed E-state index contributed by atoms with van der Waals surface area (Å²) in [6.45, 7) is 7.71. The summed E-state index contributed by atoms with van der Waals surface area (Å²) in [6.07, 6.45) is 0. The van der Waals surface area contributed by atoms with Gasteiger partial charge in [-0.2, -0.15) is 0 Å². The third kappa shape index (κ3) is 3.85. The molecule has 0 aliphatic heterocycles. The second-order valence-corrected chi connectivity index (χ2v) is 6.79. The standard InChI is InChI=1S/C18H19ClFNO3/c1-10-16(17(22)23-5)14(9-15(21-10)18(2,3)4)24-13-7-6-11(20)8-12(13)19/h6-9H,1-5H3. The van der Waals surface area contributed by atoms with Crippen LogP contribution in [0.15, 0.2) is 24.3 Å². The van der Waals surface area contributed by atoms with Gasteiger partial charge < -0.3 is 9.47 Å². The first kappa shape index (κ1) is 18.2. The van der Waals surface area contributed by atoms with E-state index in [9.17, 15) is 9.18 Å². The summed E-state index contributed by atoms with van der Waals surface area (Å²) in [6, 6.07) is 5.47. The number of halogens is 2. The van der Waals surface area contributed by atoms with Crippen molar-refractivity contribution < 1.29 is 18.7 Å². The molecule has 0 amide bonds. The molecule has 0 spiro atoms. The quantitative estimate of drug-likeness (QED) is 0.725. The summed E-state index contributed by atoms with van der Waals surface area (Å²) >= 11 is 6.02. The molecule has 0 atom stereocenters. The fourth-order valence-corrected chi connectivity index (χ4v) is 2.34. The Morgan fingerprint density at radius 2 is 1.88 bits per heavy atom. The van der Waals surface area contributed by atoms with Crippen LogP contribution in [-0.2, 0) is 10.2 Å². The molecule has 1 aromatic carbocycles. The number of hydrogen-bond acceptors (Lipinski definition) is 4.